The maximum atomic E-state index is 2.22. The van der Waals surface area contributed by atoms with Crippen LogP contribution in [0.3, 0.4) is 0 Å². The van der Waals surface area contributed by atoms with Crippen molar-refractivity contribution in [2.45, 2.75) is 13.8 Å². The van der Waals surface area contributed by atoms with E-state index in [-0.39, 0.29) is 41.1 Å². The zero-order chi connectivity index (χ0) is 7.84. The van der Waals surface area contributed by atoms with Crippen molar-refractivity contribution < 1.29 is 26.2 Å². The summed E-state index contributed by atoms with van der Waals surface area (Å²) in [4.78, 5) is 0. The van der Waals surface area contributed by atoms with Gasteiger partial charge in [0.1, 0.15) is 0 Å². The second kappa shape index (κ2) is 6.24. The van der Waals surface area contributed by atoms with E-state index in [2.05, 4.69) is 44.2 Å². The molecule has 0 atom stereocenters. The SMILES string of the molecule is Cc1ccc2c(cc[c-]2C)c1.[CH3-].[CH3-].[Zr+3]. The molecule has 1 heteroatoms. The summed E-state index contributed by atoms with van der Waals surface area (Å²) in [7, 11) is 0. The molecular formula is C13H17Zr. The van der Waals surface area contributed by atoms with E-state index in [9.17, 15) is 0 Å². The quantitative estimate of drug-likeness (QED) is 0.629. The van der Waals surface area contributed by atoms with Crippen LogP contribution in [0.25, 0.3) is 10.8 Å². The first-order valence-electron chi connectivity index (χ1n) is 3.90. The van der Waals surface area contributed by atoms with Crippen LogP contribution in [0.2, 0.25) is 0 Å². The molecule has 1 radical (unpaired) electrons. The van der Waals surface area contributed by atoms with Crippen molar-refractivity contribution in [1.29, 1.82) is 0 Å². The zero-order valence-electron chi connectivity index (χ0n) is 9.39. The Hall–Kier alpha value is -0.287. The fourth-order valence-electron chi connectivity index (χ4n) is 1.48. The van der Waals surface area contributed by atoms with Crippen molar-refractivity contribution in [3.8, 4) is 0 Å². The molecule has 0 saturated carbocycles. The van der Waals surface area contributed by atoms with Crippen LogP contribution in [0, 0.1) is 28.7 Å². The third-order valence-electron chi connectivity index (χ3n) is 2.14. The van der Waals surface area contributed by atoms with Crippen LogP contribution < -0.4 is 0 Å². The fraction of sp³-hybridized carbons (Fsp3) is 0.154. The zero-order valence-corrected chi connectivity index (χ0v) is 11.8. The number of hydrogen-bond acceptors (Lipinski definition) is 0. The van der Waals surface area contributed by atoms with E-state index in [0.29, 0.717) is 0 Å². The minimum atomic E-state index is 0. The average Bonchev–Trinajstić information content (AvgIpc) is 2.32. The van der Waals surface area contributed by atoms with Crippen molar-refractivity contribution >= 4 is 10.8 Å². The van der Waals surface area contributed by atoms with Crippen molar-refractivity contribution in [3.05, 3.63) is 56.3 Å². The molecule has 2 aromatic rings. The molecule has 0 aliphatic heterocycles. The number of aryl methyl sites for hydroxylation is 2. The van der Waals surface area contributed by atoms with E-state index in [4.69, 9.17) is 0 Å². The Bertz CT molecular complexity index is 385. The van der Waals surface area contributed by atoms with Crippen LogP contribution in [0.4, 0.5) is 0 Å². The van der Waals surface area contributed by atoms with Gasteiger partial charge < -0.3 is 14.9 Å². The molecule has 0 aromatic heterocycles. The Kier molecular flexibility index (Phi) is 7.21. The van der Waals surface area contributed by atoms with E-state index < -0.39 is 0 Å². The van der Waals surface area contributed by atoms with E-state index in [1.165, 1.54) is 21.9 Å². The molecule has 0 unspecified atom stereocenters. The Balaban J connectivity index is 0. The molecule has 0 aliphatic rings. The standard InChI is InChI=1S/C11H11.2CH3.Zr/c1-8-3-6-11-9(2)4-5-10(11)7-8;;;/h3-7H,1-2H3;2*1H3;/q3*-1;+3. The van der Waals surface area contributed by atoms with Gasteiger partial charge in [-0.05, 0) is 6.92 Å². The molecule has 0 bridgehead atoms. The summed E-state index contributed by atoms with van der Waals surface area (Å²) in [6.45, 7) is 4.28. The van der Waals surface area contributed by atoms with Crippen LogP contribution in [-0.4, -0.2) is 0 Å². The van der Waals surface area contributed by atoms with E-state index in [1.54, 1.807) is 0 Å². The summed E-state index contributed by atoms with van der Waals surface area (Å²) in [5.41, 5.74) is 2.71. The third kappa shape index (κ3) is 2.85. The molecule has 0 N–H and O–H groups in total. The molecule has 2 rings (SSSR count). The van der Waals surface area contributed by atoms with Gasteiger partial charge in [-0.2, -0.15) is 12.1 Å². The van der Waals surface area contributed by atoms with Gasteiger partial charge in [0.15, 0.2) is 0 Å². The van der Waals surface area contributed by atoms with Crippen molar-refractivity contribution in [2.75, 3.05) is 0 Å². The summed E-state index contributed by atoms with van der Waals surface area (Å²) >= 11 is 0. The van der Waals surface area contributed by atoms with Crippen LogP contribution >= 0.6 is 0 Å². The average molecular weight is 265 g/mol. The Morgan fingerprint density at radius 3 is 2.36 bits per heavy atom. The van der Waals surface area contributed by atoms with Gasteiger partial charge in [0.05, 0.1) is 0 Å². The van der Waals surface area contributed by atoms with Gasteiger partial charge >= 0.3 is 26.2 Å². The molecule has 0 spiro atoms. The molecule has 0 fully saturated rings. The first-order valence-corrected chi connectivity index (χ1v) is 3.90. The summed E-state index contributed by atoms with van der Waals surface area (Å²) in [5.74, 6) is 0. The maximum Gasteiger partial charge on any atom is 3.00 e. The maximum absolute atomic E-state index is 2.22. The van der Waals surface area contributed by atoms with Gasteiger partial charge in [-0.1, -0.05) is 12.5 Å². The van der Waals surface area contributed by atoms with Gasteiger partial charge in [-0.15, -0.1) is 34.5 Å². The topological polar surface area (TPSA) is 0 Å². The van der Waals surface area contributed by atoms with E-state index >= 15 is 0 Å². The Morgan fingerprint density at radius 2 is 1.71 bits per heavy atom. The number of fused-ring (bicyclic) bond motifs is 1. The molecule has 0 nitrogen and oxygen atoms in total. The summed E-state index contributed by atoms with van der Waals surface area (Å²) in [6, 6.07) is 10.9. The van der Waals surface area contributed by atoms with Crippen LogP contribution in [0.5, 0.6) is 0 Å². The minimum Gasteiger partial charge on any atom is -0.358 e. The number of rotatable bonds is 0. The van der Waals surface area contributed by atoms with E-state index in [0.717, 1.165) is 0 Å². The van der Waals surface area contributed by atoms with Crippen LogP contribution in [0.1, 0.15) is 11.1 Å². The van der Waals surface area contributed by atoms with Crippen molar-refractivity contribution in [2.24, 2.45) is 0 Å². The molecular weight excluding hydrogens is 247 g/mol. The van der Waals surface area contributed by atoms with Crippen LogP contribution in [-0.2, 0) is 26.2 Å². The molecule has 0 amide bonds. The van der Waals surface area contributed by atoms with Gasteiger partial charge in [0.2, 0.25) is 0 Å². The second-order valence-electron chi connectivity index (χ2n) is 3.11. The molecule has 2 aromatic carbocycles. The first-order chi connectivity index (χ1) is 5.27. The summed E-state index contributed by atoms with van der Waals surface area (Å²) in [5, 5.41) is 2.75. The van der Waals surface area contributed by atoms with Crippen molar-refractivity contribution in [1.82, 2.24) is 0 Å². The Labute approximate surface area is 107 Å². The normalized spacial score (nSPS) is 8.43. The van der Waals surface area contributed by atoms with Gasteiger partial charge in [0.25, 0.3) is 0 Å². The largest absolute Gasteiger partial charge is 3.00 e. The fourth-order valence-corrected chi connectivity index (χ4v) is 1.48. The van der Waals surface area contributed by atoms with Crippen molar-refractivity contribution in [3.63, 3.8) is 0 Å². The van der Waals surface area contributed by atoms with Crippen LogP contribution in [0.15, 0.2) is 30.3 Å². The smallest absolute Gasteiger partial charge is 0.358 e. The molecule has 14 heavy (non-hydrogen) atoms. The second-order valence-corrected chi connectivity index (χ2v) is 3.11. The number of benzene rings is 1. The first kappa shape index (κ1) is 16.2. The van der Waals surface area contributed by atoms with Gasteiger partial charge in [-0.25, -0.2) is 0 Å². The van der Waals surface area contributed by atoms with Gasteiger partial charge in [-0.3, -0.25) is 0 Å². The molecule has 73 valence electrons. The monoisotopic (exact) mass is 263 g/mol. The minimum absolute atomic E-state index is 0. The number of hydrogen-bond donors (Lipinski definition) is 0. The predicted molar refractivity (Wildman–Crippen MR) is 61.8 cm³/mol. The van der Waals surface area contributed by atoms with Gasteiger partial charge in [0, 0.05) is 0 Å². The predicted octanol–water partition coefficient (Wildman–Crippen LogP) is 4.07. The summed E-state index contributed by atoms with van der Waals surface area (Å²) < 4.78 is 0. The molecule has 0 aliphatic carbocycles. The molecule has 0 saturated heterocycles. The van der Waals surface area contributed by atoms with E-state index in [1.807, 2.05) is 0 Å². The summed E-state index contributed by atoms with van der Waals surface area (Å²) in [6.07, 6.45) is 0. The Morgan fingerprint density at radius 1 is 1.07 bits per heavy atom. The molecule has 0 heterocycles. The third-order valence-corrected chi connectivity index (χ3v) is 2.14.